The van der Waals surface area contributed by atoms with E-state index in [0.717, 1.165) is 70.3 Å². The average molecular weight is 413 g/mol. The molecule has 0 heterocycles. The minimum Gasteiger partial charge on any atom is -0.371 e. The normalized spacial score (nSPS) is 14.1. The standard InChI is InChI=1S/C23H35F3N2O/c1-3-5-7-9-15-28(16-10-8-6-4-2)21-14-13-19(17-20(21)23(24,25)26)27-22(29)18-11-12-18/h13-14,17-18H,3-12,15-16H2,1-2H3,(H,27,29). The van der Waals surface area contributed by atoms with Crippen molar-refractivity contribution in [1.82, 2.24) is 0 Å². The van der Waals surface area contributed by atoms with E-state index in [1.807, 2.05) is 4.90 Å². The number of benzene rings is 1. The Balaban J connectivity index is 2.19. The Morgan fingerprint density at radius 2 is 1.59 bits per heavy atom. The second kappa shape index (κ2) is 11.5. The Labute approximate surface area is 173 Å². The first-order valence-electron chi connectivity index (χ1n) is 11.1. The van der Waals surface area contributed by atoms with Crippen LogP contribution < -0.4 is 10.2 Å². The number of anilines is 2. The molecule has 1 aliphatic rings. The highest BCUT2D eigenvalue weighted by Crippen LogP contribution is 2.39. The number of unbranched alkanes of at least 4 members (excludes halogenated alkanes) is 6. The number of amides is 1. The zero-order chi connectivity index (χ0) is 21.3. The monoisotopic (exact) mass is 412 g/mol. The zero-order valence-electron chi connectivity index (χ0n) is 17.8. The van der Waals surface area contributed by atoms with Crippen LogP contribution in [0.15, 0.2) is 18.2 Å². The molecule has 6 heteroatoms. The summed E-state index contributed by atoms with van der Waals surface area (Å²) in [5.74, 6) is -0.223. The van der Waals surface area contributed by atoms with Crippen molar-refractivity contribution in [2.75, 3.05) is 23.3 Å². The average Bonchev–Trinajstić information content (AvgIpc) is 3.51. The van der Waals surface area contributed by atoms with E-state index in [0.29, 0.717) is 13.1 Å². The molecule has 0 atom stereocenters. The van der Waals surface area contributed by atoms with Crippen molar-refractivity contribution < 1.29 is 18.0 Å². The van der Waals surface area contributed by atoms with Gasteiger partial charge in [-0.1, -0.05) is 52.4 Å². The van der Waals surface area contributed by atoms with Gasteiger partial charge in [0.2, 0.25) is 5.91 Å². The molecular weight excluding hydrogens is 377 g/mol. The van der Waals surface area contributed by atoms with Gasteiger partial charge in [0, 0.05) is 30.4 Å². The molecule has 1 saturated carbocycles. The Kier molecular flexibility index (Phi) is 9.31. The van der Waals surface area contributed by atoms with Crippen LogP contribution in [0, 0.1) is 5.92 Å². The number of hydrogen-bond donors (Lipinski definition) is 1. The van der Waals surface area contributed by atoms with Crippen molar-refractivity contribution in [2.24, 2.45) is 5.92 Å². The lowest BCUT2D eigenvalue weighted by molar-refractivity contribution is -0.137. The Hall–Kier alpha value is -1.72. The van der Waals surface area contributed by atoms with Gasteiger partial charge in [-0.25, -0.2) is 0 Å². The minimum atomic E-state index is -4.46. The van der Waals surface area contributed by atoms with Gasteiger partial charge < -0.3 is 10.2 Å². The summed E-state index contributed by atoms with van der Waals surface area (Å²) >= 11 is 0. The SMILES string of the molecule is CCCCCCN(CCCCCC)c1ccc(NC(=O)C2CC2)cc1C(F)(F)F. The summed E-state index contributed by atoms with van der Waals surface area (Å²) in [7, 11) is 0. The van der Waals surface area contributed by atoms with Crippen LogP contribution in [0.1, 0.15) is 83.6 Å². The molecule has 1 aromatic carbocycles. The van der Waals surface area contributed by atoms with Crippen LogP contribution in [-0.4, -0.2) is 19.0 Å². The van der Waals surface area contributed by atoms with Crippen LogP contribution in [0.5, 0.6) is 0 Å². The molecule has 2 rings (SSSR count). The van der Waals surface area contributed by atoms with Gasteiger partial charge in [0.15, 0.2) is 0 Å². The molecule has 1 amide bonds. The van der Waals surface area contributed by atoms with E-state index in [-0.39, 0.29) is 23.2 Å². The topological polar surface area (TPSA) is 32.3 Å². The largest absolute Gasteiger partial charge is 0.418 e. The molecule has 164 valence electrons. The van der Waals surface area contributed by atoms with Crippen LogP contribution in [-0.2, 0) is 11.0 Å². The van der Waals surface area contributed by atoms with Crippen LogP contribution >= 0.6 is 0 Å². The highest BCUT2D eigenvalue weighted by molar-refractivity contribution is 5.94. The van der Waals surface area contributed by atoms with Crippen LogP contribution in [0.25, 0.3) is 0 Å². The summed E-state index contributed by atoms with van der Waals surface area (Å²) in [4.78, 5) is 13.8. The van der Waals surface area contributed by atoms with E-state index in [4.69, 9.17) is 0 Å². The molecule has 0 unspecified atom stereocenters. The second-order valence-electron chi connectivity index (χ2n) is 8.10. The van der Waals surface area contributed by atoms with E-state index >= 15 is 0 Å². The maximum atomic E-state index is 13.8. The third kappa shape index (κ3) is 7.90. The van der Waals surface area contributed by atoms with Gasteiger partial charge in [-0.15, -0.1) is 0 Å². The predicted octanol–water partition coefficient (Wildman–Crippen LogP) is 7.02. The first kappa shape index (κ1) is 23.6. The molecule has 1 aliphatic carbocycles. The quantitative estimate of drug-likeness (QED) is 0.353. The molecular formula is C23H35F3N2O. The molecule has 0 aliphatic heterocycles. The van der Waals surface area contributed by atoms with Crippen LogP contribution in [0.3, 0.4) is 0 Å². The van der Waals surface area contributed by atoms with Gasteiger partial charge in [0.1, 0.15) is 0 Å². The molecule has 0 bridgehead atoms. The van der Waals surface area contributed by atoms with Gasteiger partial charge in [-0.05, 0) is 43.9 Å². The van der Waals surface area contributed by atoms with E-state index in [1.165, 1.54) is 6.07 Å². The van der Waals surface area contributed by atoms with Gasteiger partial charge in [-0.3, -0.25) is 4.79 Å². The van der Waals surface area contributed by atoms with E-state index < -0.39 is 11.7 Å². The molecule has 0 radical (unpaired) electrons. The molecule has 1 N–H and O–H groups in total. The summed E-state index contributed by atoms with van der Waals surface area (Å²) in [5, 5.41) is 2.64. The molecule has 0 spiro atoms. The number of hydrogen-bond acceptors (Lipinski definition) is 2. The minimum absolute atomic E-state index is 0.0438. The molecule has 1 aromatic rings. The maximum Gasteiger partial charge on any atom is 0.418 e. The Morgan fingerprint density at radius 1 is 1.00 bits per heavy atom. The third-order valence-corrected chi connectivity index (χ3v) is 5.42. The van der Waals surface area contributed by atoms with Gasteiger partial charge in [-0.2, -0.15) is 13.2 Å². The maximum absolute atomic E-state index is 13.8. The van der Waals surface area contributed by atoms with Crippen molar-refractivity contribution in [1.29, 1.82) is 0 Å². The number of carbonyl (C=O) groups excluding carboxylic acids is 1. The zero-order valence-corrected chi connectivity index (χ0v) is 17.8. The predicted molar refractivity (Wildman–Crippen MR) is 113 cm³/mol. The summed E-state index contributed by atoms with van der Waals surface area (Å²) in [6.45, 7) is 5.50. The number of alkyl halides is 3. The van der Waals surface area contributed by atoms with Crippen molar-refractivity contribution in [2.45, 2.75) is 84.2 Å². The smallest absolute Gasteiger partial charge is 0.371 e. The number of nitrogens with zero attached hydrogens (tertiary/aromatic N) is 1. The van der Waals surface area contributed by atoms with E-state index in [2.05, 4.69) is 19.2 Å². The second-order valence-corrected chi connectivity index (χ2v) is 8.10. The summed E-state index contributed by atoms with van der Waals surface area (Å²) in [5.41, 5.74) is -0.193. The molecule has 0 aromatic heterocycles. The molecule has 1 fully saturated rings. The first-order valence-corrected chi connectivity index (χ1v) is 11.1. The van der Waals surface area contributed by atoms with Crippen molar-refractivity contribution >= 4 is 17.3 Å². The Bertz CT molecular complexity index is 630. The lowest BCUT2D eigenvalue weighted by atomic mass is 10.1. The van der Waals surface area contributed by atoms with Gasteiger partial charge in [0.25, 0.3) is 0 Å². The molecule has 3 nitrogen and oxygen atoms in total. The van der Waals surface area contributed by atoms with E-state index in [9.17, 15) is 18.0 Å². The fourth-order valence-electron chi connectivity index (χ4n) is 3.52. The number of carbonyl (C=O) groups is 1. The van der Waals surface area contributed by atoms with Gasteiger partial charge in [0.05, 0.1) is 5.56 Å². The molecule has 29 heavy (non-hydrogen) atoms. The number of halogens is 3. The third-order valence-electron chi connectivity index (χ3n) is 5.42. The fourth-order valence-corrected chi connectivity index (χ4v) is 3.52. The van der Waals surface area contributed by atoms with Crippen LogP contribution in [0.4, 0.5) is 24.5 Å². The van der Waals surface area contributed by atoms with Crippen molar-refractivity contribution in [3.63, 3.8) is 0 Å². The van der Waals surface area contributed by atoms with E-state index in [1.54, 1.807) is 6.07 Å². The first-order chi connectivity index (χ1) is 13.9. The number of nitrogens with one attached hydrogen (secondary N) is 1. The highest BCUT2D eigenvalue weighted by atomic mass is 19.4. The lowest BCUT2D eigenvalue weighted by Gasteiger charge is -2.28. The summed E-state index contributed by atoms with van der Waals surface area (Å²) < 4.78 is 41.5. The van der Waals surface area contributed by atoms with Gasteiger partial charge >= 0.3 is 6.18 Å². The van der Waals surface area contributed by atoms with Crippen molar-refractivity contribution in [3.8, 4) is 0 Å². The fraction of sp³-hybridized carbons (Fsp3) is 0.696. The number of rotatable bonds is 13. The Morgan fingerprint density at radius 3 is 2.07 bits per heavy atom. The highest BCUT2D eigenvalue weighted by Gasteiger charge is 2.36. The lowest BCUT2D eigenvalue weighted by Crippen LogP contribution is -2.28. The van der Waals surface area contributed by atoms with Crippen LogP contribution in [0.2, 0.25) is 0 Å². The van der Waals surface area contributed by atoms with Crippen molar-refractivity contribution in [3.05, 3.63) is 23.8 Å². The molecule has 0 saturated heterocycles. The summed E-state index contributed by atoms with van der Waals surface area (Å²) in [6.07, 6.45) is 5.40. The summed E-state index contributed by atoms with van der Waals surface area (Å²) in [6, 6.07) is 4.24.